The number of Topliss-reactive ketones (excluding diaryl/α,β-unsaturated/α-hetero) is 1. The summed E-state index contributed by atoms with van der Waals surface area (Å²) in [6.45, 7) is 1.48. The van der Waals surface area contributed by atoms with E-state index in [0.717, 1.165) is 0 Å². The first-order chi connectivity index (χ1) is 6.65. The molecule has 0 N–H and O–H groups in total. The second-order valence-corrected chi connectivity index (χ2v) is 2.75. The minimum absolute atomic E-state index is 0.000283. The predicted octanol–water partition coefficient (Wildman–Crippen LogP) is 0.625. The summed E-state index contributed by atoms with van der Waals surface area (Å²) < 4.78 is 9.87. The molecule has 0 aliphatic carbocycles. The minimum Gasteiger partial charge on any atom is -0.481 e. The van der Waals surface area contributed by atoms with Gasteiger partial charge in [0.1, 0.15) is 11.6 Å². The van der Waals surface area contributed by atoms with Crippen molar-refractivity contribution in [3.8, 4) is 11.8 Å². The second kappa shape index (κ2) is 4.55. The molecule has 0 aliphatic rings. The summed E-state index contributed by atoms with van der Waals surface area (Å²) in [6.07, 6.45) is 0.188. The summed E-state index contributed by atoms with van der Waals surface area (Å²) in [7, 11) is 3.00. The van der Waals surface area contributed by atoms with Crippen molar-refractivity contribution in [3.05, 3.63) is 11.9 Å². The standard InChI is InChI=1S/C9H12N2O3/c1-6(12)4-7-10-8(13-2)5-9(11-7)14-3/h5H,4H2,1-3H3. The van der Waals surface area contributed by atoms with Crippen molar-refractivity contribution < 1.29 is 14.3 Å². The average Bonchev–Trinajstić information content (AvgIpc) is 2.16. The summed E-state index contributed by atoms with van der Waals surface area (Å²) in [4.78, 5) is 18.9. The molecule has 0 unspecified atom stereocenters. The molecule has 76 valence electrons. The van der Waals surface area contributed by atoms with Gasteiger partial charge in [0, 0.05) is 0 Å². The summed E-state index contributed by atoms with van der Waals surface area (Å²) in [5, 5.41) is 0. The van der Waals surface area contributed by atoms with E-state index in [-0.39, 0.29) is 12.2 Å². The van der Waals surface area contributed by atoms with E-state index >= 15 is 0 Å². The molecule has 1 aromatic heterocycles. The smallest absolute Gasteiger partial charge is 0.220 e. The predicted molar refractivity (Wildman–Crippen MR) is 49.5 cm³/mol. The van der Waals surface area contributed by atoms with E-state index in [4.69, 9.17) is 9.47 Å². The molecular weight excluding hydrogens is 184 g/mol. The molecule has 5 nitrogen and oxygen atoms in total. The molecule has 1 aromatic rings. The van der Waals surface area contributed by atoms with E-state index in [1.165, 1.54) is 21.1 Å². The first-order valence-electron chi connectivity index (χ1n) is 4.11. The normalized spacial score (nSPS) is 9.64. The van der Waals surface area contributed by atoms with Gasteiger partial charge in [0.2, 0.25) is 11.8 Å². The molecule has 0 radical (unpaired) electrons. The van der Waals surface area contributed by atoms with Crippen molar-refractivity contribution >= 4 is 5.78 Å². The molecule has 5 heteroatoms. The Kier molecular flexibility index (Phi) is 3.39. The van der Waals surface area contributed by atoms with E-state index < -0.39 is 0 Å². The van der Waals surface area contributed by atoms with Gasteiger partial charge in [0.05, 0.1) is 26.7 Å². The molecule has 0 bridgehead atoms. The van der Waals surface area contributed by atoms with Crippen LogP contribution in [-0.4, -0.2) is 30.0 Å². The van der Waals surface area contributed by atoms with E-state index in [2.05, 4.69) is 9.97 Å². The van der Waals surface area contributed by atoms with Gasteiger partial charge < -0.3 is 9.47 Å². The van der Waals surface area contributed by atoms with Crippen LogP contribution in [0.3, 0.4) is 0 Å². The van der Waals surface area contributed by atoms with Crippen molar-refractivity contribution in [2.75, 3.05) is 14.2 Å². The quantitative estimate of drug-likeness (QED) is 0.706. The first kappa shape index (κ1) is 10.4. The Labute approximate surface area is 82.1 Å². The number of aromatic nitrogens is 2. The number of carbonyl (C=O) groups is 1. The minimum atomic E-state index is 0.000283. The van der Waals surface area contributed by atoms with Gasteiger partial charge in [-0.05, 0) is 6.92 Å². The van der Waals surface area contributed by atoms with Crippen LogP contribution in [0, 0.1) is 0 Å². The molecule has 1 rings (SSSR count). The highest BCUT2D eigenvalue weighted by Gasteiger charge is 2.06. The molecule has 0 saturated heterocycles. The van der Waals surface area contributed by atoms with Gasteiger partial charge in [0.15, 0.2) is 0 Å². The third kappa shape index (κ3) is 2.69. The van der Waals surface area contributed by atoms with Crippen LogP contribution >= 0.6 is 0 Å². The number of carbonyl (C=O) groups excluding carboxylic acids is 1. The molecular formula is C9H12N2O3. The van der Waals surface area contributed by atoms with Crippen LogP contribution in [0.4, 0.5) is 0 Å². The maximum Gasteiger partial charge on any atom is 0.220 e. The lowest BCUT2D eigenvalue weighted by Crippen LogP contribution is -2.04. The van der Waals surface area contributed by atoms with Gasteiger partial charge in [0.25, 0.3) is 0 Å². The summed E-state index contributed by atoms with van der Waals surface area (Å²) in [6, 6.07) is 1.56. The van der Waals surface area contributed by atoms with Gasteiger partial charge >= 0.3 is 0 Å². The number of nitrogens with zero attached hydrogens (tertiary/aromatic N) is 2. The number of ether oxygens (including phenoxy) is 2. The number of ketones is 1. The van der Waals surface area contributed by atoms with Crippen molar-refractivity contribution in [1.29, 1.82) is 0 Å². The molecule has 0 saturated carbocycles. The number of methoxy groups -OCH3 is 2. The number of rotatable bonds is 4. The van der Waals surface area contributed by atoms with Crippen LogP contribution in [0.2, 0.25) is 0 Å². The lowest BCUT2D eigenvalue weighted by molar-refractivity contribution is -0.116. The topological polar surface area (TPSA) is 61.3 Å². The van der Waals surface area contributed by atoms with E-state index in [0.29, 0.717) is 17.6 Å². The fourth-order valence-electron chi connectivity index (χ4n) is 0.960. The van der Waals surface area contributed by atoms with Crippen LogP contribution in [0.1, 0.15) is 12.7 Å². The maximum absolute atomic E-state index is 10.9. The lowest BCUT2D eigenvalue weighted by atomic mass is 10.3. The van der Waals surface area contributed by atoms with Crippen LogP contribution in [0.5, 0.6) is 11.8 Å². The SMILES string of the molecule is COc1cc(OC)nc(CC(C)=O)n1. The summed E-state index contributed by atoms with van der Waals surface area (Å²) in [5.41, 5.74) is 0. The second-order valence-electron chi connectivity index (χ2n) is 2.75. The Balaban J connectivity index is 2.98. The Bertz CT molecular complexity index is 317. The van der Waals surface area contributed by atoms with Crippen molar-refractivity contribution in [2.24, 2.45) is 0 Å². The van der Waals surface area contributed by atoms with E-state index in [1.807, 2.05) is 0 Å². The average molecular weight is 196 g/mol. The molecule has 1 heterocycles. The molecule has 0 spiro atoms. The Morgan fingerprint density at radius 3 is 2.14 bits per heavy atom. The molecule has 0 aromatic carbocycles. The third-order valence-electron chi connectivity index (χ3n) is 1.55. The fourth-order valence-corrected chi connectivity index (χ4v) is 0.960. The lowest BCUT2D eigenvalue weighted by Gasteiger charge is -2.04. The van der Waals surface area contributed by atoms with Gasteiger partial charge in [-0.25, -0.2) is 0 Å². The van der Waals surface area contributed by atoms with E-state index in [9.17, 15) is 4.79 Å². The van der Waals surface area contributed by atoms with Crippen molar-refractivity contribution in [2.45, 2.75) is 13.3 Å². The zero-order valence-corrected chi connectivity index (χ0v) is 8.40. The molecule has 0 atom stereocenters. The van der Waals surface area contributed by atoms with Gasteiger partial charge in [-0.15, -0.1) is 0 Å². The Hall–Kier alpha value is -1.65. The highest BCUT2D eigenvalue weighted by molar-refractivity contribution is 5.77. The molecule has 14 heavy (non-hydrogen) atoms. The zero-order chi connectivity index (χ0) is 10.6. The molecule has 0 fully saturated rings. The van der Waals surface area contributed by atoms with Crippen LogP contribution in [0.15, 0.2) is 6.07 Å². The van der Waals surface area contributed by atoms with Crippen molar-refractivity contribution in [3.63, 3.8) is 0 Å². The summed E-state index contributed by atoms with van der Waals surface area (Å²) in [5.74, 6) is 1.20. The van der Waals surface area contributed by atoms with Gasteiger partial charge in [-0.1, -0.05) is 0 Å². The number of hydrogen-bond donors (Lipinski definition) is 0. The van der Waals surface area contributed by atoms with Gasteiger partial charge in [-0.2, -0.15) is 9.97 Å². The van der Waals surface area contributed by atoms with Gasteiger partial charge in [-0.3, -0.25) is 4.79 Å². The van der Waals surface area contributed by atoms with E-state index in [1.54, 1.807) is 6.07 Å². The largest absolute Gasteiger partial charge is 0.481 e. The molecule has 0 amide bonds. The van der Waals surface area contributed by atoms with Crippen LogP contribution in [0.25, 0.3) is 0 Å². The fraction of sp³-hybridized carbons (Fsp3) is 0.444. The van der Waals surface area contributed by atoms with Crippen molar-refractivity contribution in [1.82, 2.24) is 9.97 Å². The Morgan fingerprint density at radius 2 is 1.79 bits per heavy atom. The highest BCUT2D eigenvalue weighted by atomic mass is 16.5. The number of hydrogen-bond acceptors (Lipinski definition) is 5. The van der Waals surface area contributed by atoms with Crippen LogP contribution < -0.4 is 9.47 Å². The third-order valence-corrected chi connectivity index (χ3v) is 1.55. The molecule has 0 aliphatic heterocycles. The Morgan fingerprint density at radius 1 is 1.29 bits per heavy atom. The maximum atomic E-state index is 10.9. The monoisotopic (exact) mass is 196 g/mol. The van der Waals surface area contributed by atoms with Crippen LogP contribution in [-0.2, 0) is 11.2 Å². The highest BCUT2D eigenvalue weighted by Crippen LogP contribution is 2.14. The summed E-state index contributed by atoms with van der Waals surface area (Å²) >= 11 is 0. The zero-order valence-electron chi connectivity index (χ0n) is 8.40. The first-order valence-corrected chi connectivity index (χ1v) is 4.11.